The van der Waals surface area contributed by atoms with Crippen molar-refractivity contribution < 1.29 is 18.7 Å². The minimum Gasteiger partial charge on any atom is -0.481 e. The monoisotopic (exact) mass is 355 g/mol. The maximum atomic E-state index is 14.0. The lowest BCUT2D eigenvalue weighted by Gasteiger charge is -2.01. The SMILES string of the molecule is Cc1cc(-c2[nH]c3c(F)cc(F)cc3c2CCC(=O)O)sc1Cl. The molecule has 0 radical (unpaired) electrons. The van der Waals surface area contributed by atoms with Crippen molar-refractivity contribution in [3.05, 3.63) is 45.3 Å². The van der Waals surface area contributed by atoms with E-state index in [9.17, 15) is 13.6 Å². The molecule has 2 N–H and O–H groups in total. The largest absolute Gasteiger partial charge is 0.481 e. The molecule has 7 heteroatoms. The Labute approximate surface area is 139 Å². The van der Waals surface area contributed by atoms with E-state index in [4.69, 9.17) is 16.7 Å². The molecule has 0 aliphatic heterocycles. The van der Waals surface area contributed by atoms with Crippen LogP contribution in [0.1, 0.15) is 17.5 Å². The molecule has 23 heavy (non-hydrogen) atoms. The summed E-state index contributed by atoms with van der Waals surface area (Å²) < 4.78 is 28.2. The highest BCUT2D eigenvalue weighted by Crippen LogP contribution is 2.39. The Kier molecular flexibility index (Phi) is 4.12. The van der Waals surface area contributed by atoms with E-state index in [0.717, 1.165) is 16.5 Å². The number of carboxylic acids is 1. The lowest BCUT2D eigenvalue weighted by atomic mass is 10.0. The molecule has 0 saturated carbocycles. The number of carbonyl (C=O) groups is 1. The maximum Gasteiger partial charge on any atom is 0.303 e. The predicted molar refractivity (Wildman–Crippen MR) is 87.2 cm³/mol. The van der Waals surface area contributed by atoms with Gasteiger partial charge >= 0.3 is 5.97 Å². The van der Waals surface area contributed by atoms with Crippen molar-refractivity contribution in [1.29, 1.82) is 0 Å². The fraction of sp³-hybridized carbons (Fsp3) is 0.188. The van der Waals surface area contributed by atoms with Gasteiger partial charge in [-0.3, -0.25) is 4.79 Å². The van der Waals surface area contributed by atoms with Crippen molar-refractivity contribution in [2.45, 2.75) is 19.8 Å². The zero-order chi connectivity index (χ0) is 16.7. The summed E-state index contributed by atoms with van der Waals surface area (Å²) in [4.78, 5) is 14.6. The first kappa shape index (κ1) is 16.0. The first-order chi connectivity index (χ1) is 10.9. The molecule has 3 nitrogen and oxygen atoms in total. The third kappa shape index (κ3) is 2.96. The zero-order valence-electron chi connectivity index (χ0n) is 12.0. The summed E-state index contributed by atoms with van der Waals surface area (Å²) in [5.41, 5.74) is 2.22. The van der Waals surface area contributed by atoms with E-state index in [-0.39, 0.29) is 18.4 Å². The number of halogens is 3. The molecule has 3 rings (SSSR count). The van der Waals surface area contributed by atoms with Crippen LogP contribution in [-0.4, -0.2) is 16.1 Å². The highest BCUT2D eigenvalue weighted by molar-refractivity contribution is 7.19. The summed E-state index contributed by atoms with van der Waals surface area (Å²) in [5, 5.41) is 9.29. The first-order valence-electron chi connectivity index (χ1n) is 6.84. The topological polar surface area (TPSA) is 53.1 Å². The molecule has 2 aromatic heterocycles. The van der Waals surface area contributed by atoms with Crippen molar-refractivity contribution in [1.82, 2.24) is 4.98 Å². The molecule has 3 aromatic rings. The van der Waals surface area contributed by atoms with Gasteiger partial charge in [-0.25, -0.2) is 8.78 Å². The fourth-order valence-corrected chi connectivity index (χ4v) is 3.79. The van der Waals surface area contributed by atoms with Crippen LogP contribution in [0, 0.1) is 18.6 Å². The Hall–Kier alpha value is -1.92. The molecule has 0 unspecified atom stereocenters. The summed E-state index contributed by atoms with van der Waals surface area (Å²) in [6.07, 6.45) is 0.0400. The van der Waals surface area contributed by atoms with Crippen LogP contribution in [0.2, 0.25) is 4.34 Å². The van der Waals surface area contributed by atoms with Crippen LogP contribution in [0.5, 0.6) is 0 Å². The summed E-state index contributed by atoms with van der Waals surface area (Å²) in [7, 11) is 0. The number of fused-ring (bicyclic) bond motifs is 1. The van der Waals surface area contributed by atoms with Gasteiger partial charge in [-0.2, -0.15) is 0 Å². The molecular weight excluding hydrogens is 344 g/mol. The van der Waals surface area contributed by atoms with E-state index < -0.39 is 17.6 Å². The van der Waals surface area contributed by atoms with Crippen LogP contribution in [-0.2, 0) is 11.2 Å². The first-order valence-corrected chi connectivity index (χ1v) is 8.04. The van der Waals surface area contributed by atoms with Crippen LogP contribution < -0.4 is 0 Å². The van der Waals surface area contributed by atoms with E-state index in [2.05, 4.69) is 4.98 Å². The number of nitrogens with one attached hydrogen (secondary N) is 1. The number of rotatable bonds is 4. The highest BCUT2D eigenvalue weighted by Gasteiger charge is 2.19. The number of aromatic amines is 1. The number of hydrogen-bond acceptors (Lipinski definition) is 2. The third-order valence-electron chi connectivity index (χ3n) is 3.62. The van der Waals surface area contributed by atoms with Gasteiger partial charge in [0.25, 0.3) is 0 Å². The normalized spacial score (nSPS) is 11.3. The van der Waals surface area contributed by atoms with Crippen LogP contribution in [0.15, 0.2) is 18.2 Å². The lowest BCUT2D eigenvalue weighted by molar-refractivity contribution is -0.136. The number of carboxylic acid groups (broad SMARTS) is 1. The standard InChI is InChI=1S/C16H12ClF2NO2S/c1-7-4-12(23-16(7)17)15-9(2-3-13(21)22)10-5-8(18)6-11(19)14(10)20-15/h4-6,20H,2-3H2,1H3,(H,21,22). The van der Waals surface area contributed by atoms with Crippen molar-refractivity contribution in [3.63, 3.8) is 0 Å². The number of aromatic nitrogens is 1. The van der Waals surface area contributed by atoms with E-state index in [0.29, 0.717) is 21.0 Å². The molecule has 0 aliphatic rings. The summed E-state index contributed by atoms with van der Waals surface area (Å²) in [6, 6.07) is 3.87. The van der Waals surface area contributed by atoms with E-state index >= 15 is 0 Å². The van der Waals surface area contributed by atoms with E-state index in [1.807, 2.05) is 13.0 Å². The smallest absolute Gasteiger partial charge is 0.303 e. The Morgan fingerprint density at radius 3 is 2.70 bits per heavy atom. The average molecular weight is 356 g/mol. The van der Waals surface area contributed by atoms with Gasteiger partial charge < -0.3 is 10.1 Å². The molecule has 0 atom stereocenters. The molecule has 0 saturated heterocycles. The number of aliphatic carboxylic acids is 1. The number of aryl methyl sites for hydroxylation is 2. The van der Waals surface area contributed by atoms with Gasteiger partial charge in [0.1, 0.15) is 11.6 Å². The zero-order valence-corrected chi connectivity index (χ0v) is 13.6. The third-order valence-corrected chi connectivity index (χ3v) is 5.20. The van der Waals surface area contributed by atoms with Crippen LogP contribution in [0.4, 0.5) is 8.78 Å². The van der Waals surface area contributed by atoms with Gasteiger partial charge in [0, 0.05) is 17.9 Å². The number of benzene rings is 1. The van der Waals surface area contributed by atoms with Crippen LogP contribution >= 0.6 is 22.9 Å². The van der Waals surface area contributed by atoms with Crippen molar-refractivity contribution in [2.24, 2.45) is 0 Å². The van der Waals surface area contributed by atoms with Gasteiger partial charge in [-0.1, -0.05) is 11.6 Å². The molecule has 0 amide bonds. The molecule has 0 spiro atoms. The van der Waals surface area contributed by atoms with Crippen LogP contribution in [0.25, 0.3) is 21.5 Å². The maximum absolute atomic E-state index is 14.0. The fourth-order valence-electron chi connectivity index (χ4n) is 2.56. The van der Waals surface area contributed by atoms with E-state index in [1.54, 1.807) is 0 Å². The summed E-state index contributed by atoms with van der Waals surface area (Å²) >= 11 is 7.40. The highest BCUT2D eigenvalue weighted by atomic mass is 35.5. The summed E-state index contributed by atoms with van der Waals surface area (Å²) in [6.45, 7) is 1.85. The van der Waals surface area contributed by atoms with Gasteiger partial charge in [0.05, 0.1) is 20.4 Å². The molecule has 2 heterocycles. The average Bonchev–Trinajstić information content (AvgIpc) is 2.98. The predicted octanol–water partition coefficient (Wildman–Crippen LogP) is 5.15. The lowest BCUT2D eigenvalue weighted by Crippen LogP contribution is -1.98. The van der Waals surface area contributed by atoms with Crippen molar-refractivity contribution in [3.8, 4) is 10.6 Å². The minimum absolute atomic E-state index is 0.129. The Balaban J connectivity index is 2.24. The van der Waals surface area contributed by atoms with Crippen molar-refractivity contribution in [2.75, 3.05) is 0 Å². The second-order valence-corrected chi connectivity index (χ2v) is 6.90. The molecule has 0 bridgehead atoms. The summed E-state index contributed by atoms with van der Waals surface area (Å²) in [5.74, 6) is -2.37. The van der Waals surface area contributed by atoms with Gasteiger partial charge in [0.15, 0.2) is 0 Å². The molecule has 0 aliphatic carbocycles. The molecular formula is C16H12ClF2NO2S. The molecule has 120 valence electrons. The van der Waals surface area contributed by atoms with E-state index in [1.165, 1.54) is 17.4 Å². The quantitative estimate of drug-likeness (QED) is 0.679. The second kappa shape index (κ2) is 5.94. The number of thiophene rings is 1. The minimum atomic E-state index is -0.970. The number of H-pyrrole nitrogens is 1. The Bertz CT molecular complexity index is 897. The van der Waals surface area contributed by atoms with Gasteiger partial charge in [0.2, 0.25) is 0 Å². The molecule has 1 aromatic carbocycles. The van der Waals surface area contributed by atoms with Crippen molar-refractivity contribution >= 4 is 39.8 Å². The Morgan fingerprint density at radius 2 is 2.09 bits per heavy atom. The molecule has 0 fully saturated rings. The second-order valence-electron chi connectivity index (χ2n) is 5.25. The van der Waals surface area contributed by atoms with Crippen LogP contribution in [0.3, 0.4) is 0 Å². The number of hydrogen-bond donors (Lipinski definition) is 2. The Morgan fingerprint density at radius 1 is 1.35 bits per heavy atom. The van der Waals surface area contributed by atoms with Gasteiger partial charge in [-0.05, 0) is 36.6 Å². The van der Waals surface area contributed by atoms with Gasteiger partial charge in [-0.15, -0.1) is 11.3 Å².